The fourth-order valence-electron chi connectivity index (χ4n) is 2.75. The number of aromatic nitrogens is 3. The van der Waals surface area contributed by atoms with Gasteiger partial charge in [0.15, 0.2) is 17.0 Å². The van der Waals surface area contributed by atoms with Gasteiger partial charge < -0.3 is 14.3 Å². The number of esters is 1. The lowest BCUT2D eigenvalue weighted by Crippen LogP contribution is -1.98. The number of benzene rings is 1. The van der Waals surface area contributed by atoms with Gasteiger partial charge in [0.2, 0.25) is 0 Å². The molecule has 0 spiro atoms. The monoisotopic (exact) mass is 323 g/mol. The molecule has 0 radical (unpaired) electrons. The van der Waals surface area contributed by atoms with Crippen LogP contribution in [-0.2, 0) is 4.74 Å². The van der Waals surface area contributed by atoms with Gasteiger partial charge in [-0.1, -0.05) is 18.2 Å². The van der Waals surface area contributed by atoms with Crippen molar-refractivity contribution >= 4 is 28.0 Å². The van der Waals surface area contributed by atoms with Gasteiger partial charge in [-0.25, -0.2) is 14.5 Å². The molecule has 0 aliphatic rings. The number of aromatic hydroxyl groups is 1. The molecular formula is C17H13N3O4. The number of hydrogen-bond acceptors (Lipinski definition) is 6. The molecule has 3 aromatic heterocycles. The maximum Gasteiger partial charge on any atom is 0.377 e. The Morgan fingerprint density at radius 2 is 2.04 bits per heavy atom. The third-order valence-corrected chi connectivity index (χ3v) is 3.87. The molecule has 1 N–H and O–H groups in total. The second-order valence-electron chi connectivity index (χ2n) is 5.30. The highest BCUT2D eigenvalue weighted by atomic mass is 16.5. The summed E-state index contributed by atoms with van der Waals surface area (Å²) < 4.78 is 11.9. The number of hydrogen-bond donors (Lipinski definition) is 1. The summed E-state index contributed by atoms with van der Waals surface area (Å²) in [6.07, 6.45) is 1.46. The molecule has 0 saturated carbocycles. The van der Waals surface area contributed by atoms with Gasteiger partial charge in [0.1, 0.15) is 0 Å². The quantitative estimate of drug-likeness (QED) is 0.570. The van der Waals surface area contributed by atoms with Crippen molar-refractivity contribution < 1.29 is 19.1 Å². The number of carbonyl (C=O) groups is 1. The molecule has 7 nitrogen and oxygen atoms in total. The number of fused-ring (bicyclic) bond motifs is 3. The number of methoxy groups -OCH3 is 1. The molecule has 0 unspecified atom stereocenters. The van der Waals surface area contributed by atoms with Crippen molar-refractivity contribution in [1.82, 2.24) is 14.8 Å². The molecule has 1 aromatic carbocycles. The molecule has 0 aliphatic heterocycles. The first-order valence-corrected chi connectivity index (χ1v) is 7.25. The van der Waals surface area contributed by atoms with Crippen LogP contribution in [-0.4, -0.2) is 33.0 Å². The van der Waals surface area contributed by atoms with Gasteiger partial charge in [0.25, 0.3) is 5.76 Å². The summed E-state index contributed by atoms with van der Waals surface area (Å²) in [5, 5.41) is 15.7. The van der Waals surface area contributed by atoms with Crippen molar-refractivity contribution in [3.63, 3.8) is 0 Å². The predicted octanol–water partition coefficient (Wildman–Crippen LogP) is 2.97. The van der Waals surface area contributed by atoms with Gasteiger partial charge in [0.05, 0.1) is 29.3 Å². The first-order chi connectivity index (χ1) is 11.6. The van der Waals surface area contributed by atoms with Crippen molar-refractivity contribution in [2.24, 2.45) is 0 Å². The second kappa shape index (κ2) is 5.09. The molecule has 0 aliphatic carbocycles. The van der Waals surface area contributed by atoms with Crippen molar-refractivity contribution in [2.45, 2.75) is 6.92 Å². The van der Waals surface area contributed by atoms with Crippen LogP contribution in [0, 0.1) is 6.92 Å². The van der Waals surface area contributed by atoms with Crippen molar-refractivity contribution in [1.29, 1.82) is 0 Å². The Bertz CT molecular complexity index is 1080. The fourth-order valence-corrected chi connectivity index (χ4v) is 2.75. The minimum Gasteiger partial charge on any atom is -0.504 e. The van der Waals surface area contributed by atoms with E-state index in [9.17, 15) is 9.90 Å². The van der Waals surface area contributed by atoms with E-state index in [2.05, 4.69) is 14.8 Å². The number of nitrogens with zero attached hydrogens (tertiary/aromatic N) is 3. The zero-order valence-electron chi connectivity index (χ0n) is 13.0. The number of aryl methyl sites for hydroxylation is 1. The number of ether oxygens (including phenoxy) is 1. The zero-order valence-corrected chi connectivity index (χ0v) is 13.0. The Morgan fingerprint density at radius 1 is 1.29 bits per heavy atom. The van der Waals surface area contributed by atoms with E-state index in [0.29, 0.717) is 27.7 Å². The first-order valence-electron chi connectivity index (χ1n) is 7.25. The molecule has 3 heterocycles. The smallest absolute Gasteiger partial charge is 0.377 e. The van der Waals surface area contributed by atoms with Gasteiger partial charge in [-0.2, -0.15) is 5.10 Å². The van der Waals surface area contributed by atoms with Crippen molar-refractivity contribution in [3.05, 3.63) is 48.0 Å². The number of rotatable bonds is 2. The summed E-state index contributed by atoms with van der Waals surface area (Å²) in [7, 11) is 1.22. The SMILES string of the molecule is COC(=O)c1oc2c(cnc3c2c(C)nn3-c2ccccc2)c1O. The molecular weight excluding hydrogens is 310 g/mol. The van der Waals surface area contributed by atoms with E-state index in [-0.39, 0.29) is 11.5 Å². The lowest BCUT2D eigenvalue weighted by molar-refractivity contribution is 0.0563. The number of carbonyl (C=O) groups excluding carboxylic acids is 1. The summed E-state index contributed by atoms with van der Waals surface area (Å²) in [5.74, 6) is -1.27. The highest BCUT2D eigenvalue weighted by Crippen LogP contribution is 2.37. The van der Waals surface area contributed by atoms with E-state index in [1.165, 1.54) is 13.3 Å². The highest BCUT2D eigenvalue weighted by molar-refractivity contribution is 6.08. The van der Waals surface area contributed by atoms with Crippen LogP contribution in [0.4, 0.5) is 0 Å². The van der Waals surface area contributed by atoms with Crippen LogP contribution >= 0.6 is 0 Å². The maximum atomic E-state index is 11.7. The molecule has 120 valence electrons. The van der Waals surface area contributed by atoms with Gasteiger partial charge >= 0.3 is 5.97 Å². The zero-order chi connectivity index (χ0) is 16.8. The average molecular weight is 323 g/mol. The van der Waals surface area contributed by atoms with E-state index in [1.54, 1.807) is 4.68 Å². The van der Waals surface area contributed by atoms with Crippen LogP contribution < -0.4 is 0 Å². The minimum absolute atomic E-state index is 0.242. The molecule has 0 saturated heterocycles. The van der Waals surface area contributed by atoms with Crippen LogP contribution in [0.2, 0.25) is 0 Å². The largest absolute Gasteiger partial charge is 0.504 e. The Balaban J connectivity index is 2.06. The van der Waals surface area contributed by atoms with E-state index in [4.69, 9.17) is 4.42 Å². The van der Waals surface area contributed by atoms with E-state index in [0.717, 1.165) is 5.69 Å². The van der Waals surface area contributed by atoms with Crippen molar-refractivity contribution in [3.8, 4) is 11.4 Å². The molecule has 4 rings (SSSR count). The lowest BCUT2D eigenvalue weighted by Gasteiger charge is -2.01. The molecule has 0 fully saturated rings. The van der Waals surface area contributed by atoms with Crippen LogP contribution in [0.1, 0.15) is 16.2 Å². The minimum atomic E-state index is -0.745. The lowest BCUT2D eigenvalue weighted by atomic mass is 10.2. The van der Waals surface area contributed by atoms with Gasteiger partial charge in [0, 0.05) is 6.20 Å². The normalized spacial score (nSPS) is 11.2. The number of para-hydroxylation sites is 1. The van der Waals surface area contributed by atoms with E-state index < -0.39 is 5.97 Å². The van der Waals surface area contributed by atoms with Gasteiger partial charge in [-0.15, -0.1) is 0 Å². The van der Waals surface area contributed by atoms with Crippen LogP contribution in [0.25, 0.3) is 27.7 Å². The molecule has 0 bridgehead atoms. The summed E-state index contributed by atoms with van der Waals surface area (Å²) in [6, 6.07) is 9.56. The molecule has 0 atom stereocenters. The van der Waals surface area contributed by atoms with Gasteiger partial charge in [-0.05, 0) is 19.1 Å². The predicted molar refractivity (Wildman–Crippen MR) is 86.4 cm³/mol. The third-order valence-electron chi connectivity index (χ3n) is 3.87. The van der Waals surface area contributed by atoms with Crippen LogP contribution in [0.3, 0.4) is 0 Å². The molecule has 24 heavy (non-hydrogen) atoms. The fraction of sp³-hybridized carbons (Fsp3) is 0.118. The summed E-state index contributed by atoms with van der Waals surface area (Å²) >= 11 is 0. The number of pyridine rings is 1. The van der Waals surface area contributed by atoms with E-state index in [1.807, 2.05) is 37.3 Å². The standard InChI is InChI=1S/C17H13N3O4/c1-9-12-14-11(13(21)15(24-14)17(22)23-2)8-18-16(12)20(19-9)10-6-4-3-5-7-10/h3-8,21H,1-2H3. The Hall–Kier alpha value is -3.35. The third kappa shape index (κ3) is 1.88. The topological polar surface area (TPSA) is 90.4 Å². The maximum absolute atomic E-state index is 11.7. The number of furan rings is 1. The Kier molecular flexibility index (Phi) is 3.02. The van der Waals surface area contributed by atoms with E-state index >= 15 is 0 Å². The Morgan fingerprint density at radius 3 is 2.75 bits per heavy atom. The van der Waals surface area contributed by atoms with Crippen molar-refractivity contribution in [2.75, 3.05) is 7.11 Å². The molecule has 4 aromatic rings. The second-order valence-corrected chi connectivity index (χ2v) is 5.30. The first kappa shape index (κ1) is 14.3. The summed E-state index contributed by atoms with van der Waals surface area (Å²) in [6.45, 7) is 1.82. The van der Waals surface area contributed by atoms with Crippen LogP contribution in [0.15, 0.2) is 40.9 Å². The Labute approximate surface area is 136 Å². The summed E-state index contributed by atoms with van der Waals surface area (Å²) in [4.78, 5) is 16.1. The molecule has 0 amide bonds. The van der Waals surface area contributed by atoms with Gasteiger partial charge in [-0.3, -0.25) is 0 Å². The highest BCUT2D eigenvalue weighted by Gasteiger charge is 2.25. The summed E-state index contributed by atoms with van der Waals surface area (Å²) in [5.41, 5.74) is 2.47. The average Bonchev–Trinajstić information content (AvgIpc) is 3.13. The van der Waals surface area contributed by atoms with Crippen LogP contribution in [0.5, 0.6) is 5.75 Å². The molecule has 7 heteroatoms.